The Labute approximate surface area is 134 Å². The molecule has 1 unspecified atom stereocenters. The first-order valence-corrected chi connectivity index (χ1v) is 8.92. The maximum absolute atomic E-state index is 12.7. The molecule has 1 aromatic carbocycles. The minimum Gasteiger partial charge on any atom is -0.338 e. The van der Waals surface area contributed by atoms with Crippen molar-refractivity contribution < 1.29 is 4.79 Å². The van der Waals surface area contributed by atoms with Crippen LogP contribution in [0.25, 0.3) is 0 Å². The maximum Gasteiger partial charge on any atom is 0.256 e. The zero-order chi connectivity index (χ0) is 14.7. The molecule has 3 heterocycles. The molecule has 2 aromatic rings. The van der Waals surface area contributed by atoms with E-state index in [-0.39, 0.29) is 12.1 Å². The quantitative estimate of drug-likeness (QED) is 0.810. The highest BCUT2D eigenvalue weighted by molar-refractivity contribution is 7.16. The van der Waals surface area contributed by atoms with Crippen molar-refractivity contribution in [1.82, 2.24) is 5.32 Å². The number of rotatable bonds is 0. The molecule has 22 heavy (non-hydrogen) atoms. The SMILES string of the molecule is O=C1NC2Cc3ccccc3CN2c2sc3c(c21)CCCC3. The Kier molecular flexibility index (Phi) is 2.65. The van der Waals surface area contributed by atoms with Crippen molar-refractivity contribution in [2.45, 2.75) is 44.8 Å². The van der Waals surface area contributed by atoms with E-state index in [0.29, 0.717) is 0 Å². The minimum absolute atomic E-state index is 0.120. The van der Waals surface area contributed by atoms with Crippen molar-refractivity contribution in [2.24, 2.45) is 0 Å². The van der Waals surface area contributed by atoms with E-state index in [1.807, 2.05) is 11.3 Å². The minimum atomic E-state index is 0.120. The Balaban J connectivity index is 1.64. The average Bonchev–Trinajstić information content (AvgIpc) is 2.94. The number of benzene rings is 1. The van der Waals surface area contributed by atoms with Gasteiger partial charge in [-0.15, -0.1) is 11.3 Å². The Morgan fingerprint density at radius 2 is 1.95 bits per heavy atom. The number of carbonyl (C=O) groups is 1. The van der Waals surface area contributed by atoms with Gasteiger partial charge in [0.1, 0.15) is 11.2 Å². The van der Waals surface area contributed by atoms with Gasteiger partial charge in [-0.05, 0) is 42.4 Å². The van der Waals surface area contributed by atoms with Gasteiger partial charge in [0.2, 0.25) is 0 Å². The monoisotopic (exact) mass is 310 g/mol. The summed E-state index contributed by atoms with van der Waals surface area (Å²) in [5.41, 5.74) is 5.08. The van der Waals surface area contributed by atoms with Crippen LogP contribution in [-0.2, 0) is 25.8 Å². The van der Waals surface area contributed by atoms with Gasteiger partial charge in [-0.25, -0.2) is 0 Å². The summed E-state index contributed by atoms with van der Waals surface area (Å²) >= 11 is 1.87. The second-order valence-corrected chi connectivity index (χ2v) is 7.56. The van der Waals surface area contributed by atoms with Crippen LogP contribution in [0.4, 0.5) is 5.00 Å². The molecule has 1 atom stereocenters. The molecule has 112 valence electrons. The lowest BCUT2D eigenvalue weighted by Gasteiger charge is -2.41. The van der Waals surface area contributed by atoms with Crippen LogP contribution in [0, 0.1) is 0 Å². The molecule has 1 aromatic heterocycles. The first-order valence-electron chi connectivity index (χ1n) is 8.10. The zero-order valence-electron chi connectivity index (χ0n) is 12.4. The zero-order valence-corrected chi connectivity index (χ0v) is 13.2. The van der Waals surface area contributed by atoms with E-state index < -0.39 is 0 Å². The van der Waals surface area contributed by atoms with E-state index in [2.05, 4.69) is 34.5 Å². The molecule has 0 fully saturated rings. The highest BCUT2D eigenvalue weighted by Gasteiger charge is 2.38. The first-order chi connectivity index (χ1) is 10.8. The van der Waals surface area contributed by atoms with Gasteiger partial charge in [0.05, 0.1) is 5.56 Å². The number of amides is 1. The fourth-order valence-electron chi connectivity index (χ4n) is 4.08. The summed E-state index contributed by atoms with van der Waals surface area (Å²) in [6.45, 7) is 0.910. The topological polar surface area (TPSA) is 32.3 Å². The van der Waals surface area contributed by atoms with Crippen LogP contribution in [0.3, 0.4) is 0 Å². The lowest BCUT2D eigenvalue weighted by molar-refractivity contribution is 0.0924. The molecular weight excluding hydrogens is 292 g/mol. The normalized spacial score (nSPS) is 22.3. The summed E-state index contributed by atoms with van der Waals surface area (Å²) in [7, 11) is 0. The lowest BCUT2D eigenvalue weighted by atomic mass is 9.92. The molecule has 3 aliphatic rings. The molecule has 0 bridgehead atoms. The summed E-state index contributed by atoms with van der Waals surface area (Å²) in [5.74, 6) is 0.148. The van der Waals surface area contributed by atoms with Gasteiger partial charge >= 0.3 is 0 Å². The fourth-order valence-corrected chi connectivity index (χ4v) is 5.51. The van der Waals surface area contributed by atoms with Gasteiger partial charge in [0, 0.05) is 17.8 Å². The van der Waals surface area contributed by atoms with Gasteiger partial charge in [-0.2, -0.15) is 0 Å². The fraction of sp³-hybridized carbons (Fsp3) is 0.389. The third kappa shape index (κ3) is 1.70. The van der Waals surface area contributed by atoms with Gasteiger partial charge in [-0.1, -0.05) is 24.3 Å². The van der Waals surface area contributed by atoms with E-state index in [1.54, 1.807) is 0 Å². The van der Waals surface area contributed by atoms with Crippen molar-refractivity contribution in [3.8, 4) is 0 Å². The van der Waals surface area contributed by atoms with Crippen molar-refractivity contribution >= 4 is 22.2 Å². The molecule has 0 spiro atoms. The van der Waals surface area contributed by atoms with Crippen LogP contribution < -0.4 is 10.2 Å². The van der Waals surface area contributed by atoms with E-state index in [4.69, 9.17) is 0 Å². The summed E-state index contributed by atoms with van der Waals surface area (Å²) in [4.78, 5) is 16.5. The van der Waals surface area contributed by atoms with Gasteiger partial charge in [-0.3, -0.25) is 4.79 Å². The second kappa shape index (κ2) is 4.59. The number of anilines is 1. The van der Waals surface area contributed by atoms with Gasteiger partial charge in [0.15, 0.2) is 0 Å². The molecule has 1 amide bonds. The predicted molar refractivity (Wildman–Crippen MR) is 88.5 cm³/mol. The number of hydrogen-bond acceptors (Lipinski definition) is 3. The van der Waals surface area contributed by atoms with Crippen LogP contribution in [0.1, 0.15) is 44.8 Å². The molecule has 0 saturated carbocycles. The standard InChI is InChI=1S/C18H18N2OS/c21-17-16-13-7-3-4-8-14(13)22-18(16)20-10-12-6-2-1-5-11(12)9-15(20)19-17/h1-2,5-6,15H,3-4,7-10H2,(H,19,21). The summed E-state index contributed by atoms with van der Waals surface area (Å²) < 4.78 is 0. The van der Waals surface area contributed by atoms with E-state index in [9.17, 15) is 4.79 Å². The van der Waals surface area contributed by atoms with Gasteiger partial charge in [0.25, 0.3) is 5.91 Å². The van der Waals surface area contributed by atoms with Crippen molar-refractivity contribution in [3.63, 3.8) is 0 Å². The number of carbonyl (C=O) groups excluding carboxylic acids is 1. The van der Waals surface area contributed by atoms with Crippen molar-refractivity contribution in [3.05, 3.63) is 51.4 Å². The van der Waals surface area contributed by atoms with Crippen molar-refractivity contribution in [1.29, 1.82) is 0 Å². The molecule has 1 aliphatic carbocycles. The number of aryl methyl sites for hydroxylation is 1. The Hall–Kier alpha value is -1.81. The van der Waals surface area contributed by atoms with E-state index in [1.165, 1.54) is 39.4 Å². The molecule has 3 nitrogen and oxygen atoms in total. The third-order valence-electron chi connectivity index (χ3n) is 5.19. The molecule has 0 radical (unpaired) electrons. The smallest absolute Gasteiger partial charge is 0.256 e. The summed E-state index contributed by atoms with van der Waals surface area (Å²) in [5, 5.41) is 4.46. The number of nitrogens with one attached hydrogen (secondary N) is 1. The predicted octanol–water partition coefficient (Wildman–Crippen LogP) is 3.26. The van der Waals surface area contributed by atoms with E-state index in [0.717, 1.165) is 31.4 Å². The van der Waals surface area contributed by atoms with Crippen molar-refractivity contribution in [2.75, 3.05) is 4.90 Å². The second-order valence-electron chi connectivity index (χ2n) is 6.48. The summed E-state index contributed by atoms with van der Waals surface area (Å²) in [6.07, 6.45) is 5.73. The largest absolute Gasteiger partial charge is 0.338 e. The molecule has 1 N–H and O–H groups in total. The number of hydrogen-bond donors (Lipinski definition) is 1. The highest BCUT2D eigenvalue weighted by Crippen LogP contribution is 2.44. The Morgan fingerprint density at radius 3 is 2.86 bits per heavy atom. The van der Waals surface area contributed by atoms with Crippen LogP contribution in [0.5, 0.6) is 0 Å². The van der Waals surface area contributed by atoms with E-state index >= 15 is 0 Å². The molecular formula is C18H18N2OS. The molecule has 2 aliphatic heterocycles. The van der Waals surface area contributed by atoms with Crippen LogP contribution in [0.15, 0.2) is 24.3 Å². The number of nitrogens with zero attached hydrogens (tertiary/aromatic N) is 1. The molecule has 4 heteroatoms. The average molecular weight is 310 g/mol. The molecule has 5 rings (SSSR count). The van der Waals surface area contributed by atoms with Crippen LogP contribution in [0.2, 0.25) is 0 Å². The highest BCUT2D eigenvalue weighted by atomic mass is 32.1. The number of fused-ring (bicyclic) bond motifs is 6. The molecule has 0 saturated heterocycles. The Bertz CT molecular complexity index is 779. The third-order valence-corrected chi connectivity index (χ3v) is 6.52. The summed E-state index contributed by atoms with van der Waals surface area (Å²) in [6, 6.07) is 8.61. The first kappa shape index (κ1) is 12.7. The van der Waals surface area contributed by atoms with Crippen LogP contribution >= 0.6 is 11.3 Å². The van der Waals surface area contributed by atoms with Crippen LogP contribution in [-0.4, -0.2) is 12.1 Å². The Morgan fingerprint density at radius 1 is 1.14 bits per heavy atom. The maximum atomic E-state index is 12.7. The van der Waals surface area contributed by atoms with Gasteiger partial charge < -0.3 is 10.2 Å². The number of thiophene rings is 1. The lowest BCUT2D eigenvalue weighted by Crippen LogP contribution is -2.55.